The minimum Gasteiger partial charge on any atom is -0.457 e. The standard InChI is InChI=1S/C29H33FN2O2/c1-22(2)19-29(33)32(25-13-11-24(30)12-14-25)26-15-17-31(18-16-26)21-23-7-6-10-28(20-23)34-27-8-4-3-5-9-27/h3-14,20,22,26H,15-19,21H2,1-2H3. The van der Waals surface area contributed by atoms with E-state index in [4.69, 9.17) is 4.74 Å². The summed E-state index contributed by atoms with van der Waals surface area (Å²) in [6.45, 7) is 6.76. The highest BCUT2D eigenvalue weighted by molar-refractivity contribution is 5.94. The van der Waals surface area contributed by atoms with Crippen LogP contribution in [0.3, 0.4) is 0 Å². The number of piperidine rings is 1. The van der Waals surface area contributed by atoms with Crippen molar-refractivity contribution in [2.45, 2.75) is 45.7 Å². The number of hydrogen-bond acceptors (Lipinski definition) is 3. The lowest BCUT2D eigenvalue weighted by Crippen LogP contribution is -2.47. The van der Waals surface area contributed by atoms with Crippen molar-refractivity contribution in [1.29, 1.82) is 0 Å². The van der Waals surface area contributed by atoms with Gasteiger partial charge in [0, 0.05) is 37.8 Å². The normalized spacial score (nSPS) is 14.8. The van der Waals surface area contributed by atoms with Gasteiger partial charge in [-0.2, -0.15) is 0 Å². The second-order valence-corrected chi connectivity index (χ2v) is 9.41. The molecular weight excluding hydrogens is 427 g/mol. The Balaban J connectivity index is 1.39. The third-order valence-electron chi connectivity index (χ3n) is 6.16. The third kappa shape index (κ3) is 6.45. The molecule has 0 aliphatic carbocycles. The van der Waals surface area contributed by atoms with E-state index >= 15 is 0 Å². The van der Waals surface area contributed by atoms with E-state index in [0.717, 1.165) is 49.7 Å². The predicted octanol–water partition coefficient (Wildman–Crippen LogP) is 6.66. The Labute approximate surface area is 202 Å². The molecule has 0 N–H and O–H groups in total. The van der Waals surface area contributed by atoms with Crippen molar-refractivity contribution in [3.8, 4) is 11.5 Å². The largest absolute Gasteiger partial charge is 0.457 e. The summed E-state index contributed by atoms with van der Waals surface area (Å²) in [4.78, 5) is 17.4. The van der Waals surface area contributed by atoms with Gasteiger partial charge in [0.2, 0.25) is 5.91 Å². The average molecular weight is 461 g/mol. The first-order valence-corrected chi connectivity index (χ1v) is 12.1. The molecule has 0 radical (unpaired) electrons. The van der Waals surface area contributed by atoms with Gasteiger partial charge >= 0.3 is 0 Å². The maximum absolute atomic E-state index is 13.5. The Kier molecular flexibility index (Phi) is 7.96. The Morgan fingerprint density at radius 1 is 0.971 bits per heavy atom. The Morgan fingerprint density at radius 2 is 1.65 bits per heavy atom. The van der Waals surface area contributed by atoms with E-state index in [2.05, 4.69) is 30.9 Å². The number of carbonyl (C=O) groups excluding carboxylic acids is 1. The zero-order valence-electron chi connectivity index (χ0n) is 20.0. The van der Waals surface area contributed by atoms with Crippen molar-refractivity contribution < 1.29 is 13.9 Å². The number of rotatable bonds is 8. The van der Waals surface area contributed by atoms with Gasteiger partial charge < -0.3 is 9.64 Å². The van der Waals surface area contributed by atoms with E-state index in [1.165, 1.54) is 17.7 Å². The van der Waals surface area contributed by atoms with Gasteiger partial charge in [0.25, 0.3) is 0 Å². The van der Waals surface area contributed by atoms with E-state index in [1.54, 1.807) is 12.1 Å². The van der Waals surface area contributed by atoms with E-state index in [0.29, 0.717) is 6.42 Å². The number of carbonyl (C=O) groups is 1. The molecule has 178 valence electrons. The molecular formula is C29H33FN2O2. The minimum absolute atomic E-state index is 0.117. The lowest BCUT2D eigenvalue weighted by molar-refractivity contribution is -0.120. The summed E-state index contributed by atoms with van der Waals surface area (Å²) in [7, 11) is 0. The smallest absolute Gasteiger partial charge is 0.227 e. The first-order valence-electron chi connectivity index (χ1n) is 12.1. The van der Waals surface area contributed by atoms with Crippen LogP contribution in [-0.2, 0) is 11.3 Å². The molecule has 5 heteroatoms. The molecule has 3 aromatic rings. The van der Waals surface area contributed by atoms with Gasteiger partial charge in [-0.15, -0.1) is 0 Å². The molecule has 1 fully saturated rings. The molecule has 0 unspecified atom stereocenters. The van der Waals surface area contributed by atoms with E-state index in [1.807, 2.05) is 47.4 Å². The molecule has 0 aromatic heterocycles. The highest BCUT2D eigenvalue weighted by Crippen LogP contribution is 2.27. The number of anilines is 1. The van der Waals surface area contributed by atoms with Gasteiger partial charge in [-0.3, -0.25) is 9.69 Å². The van der Waals surface area contributed by atoms with Crippen molar-refractivity contribution in [3.05, 3.63) is 90.2 Å². The van der Waals surface area contributed by atoms with Gasteiger partial charge in [0.1, 0.15) is 17.3 Å². The lowest BCUT2D eigenvalue weighted by atomic mass is 9.99. The Bertz CT molecular complexity index is 1060. The SMILES string of the molecule is CC(C)CC(=O)N(c1ccc(F)cc1)C1CCN(Cc2cccc(Oc3ccccc3)c2)CC1. The summed E-state index contributed by atoms with van der Waals surface area (Å²) >= 11 is 0. The van der Waals surface area contributed by atoms with Crippen LogP contribution in [-0.4, -0.2) is 29.9 Å². The van der Waals surface area contributed by atoms with Crippen LogP contribution in [0, 0.1) is 11.7 Å². The molecule has 1 aliphatic rings. The summed E-state index contributed by atoms with van der Waals surface area (Å²) in [6.07, 6.45) is 2.27. The highest BCUT2D eigenvalue weighted by atomic mass is 19.1. The van der Waals surface area contributed by atoms with Crippen molar-refractivity contribution in [1.82, 2.24) is 4.90 Å². The van der Waals surface area contributed by atoms with E-state index in [9.17, 15) is 9.18 Å². The molecule has 0 atom stereocenters. The number of benzene rings is 3. The first kappa shape index (κ1) is 24.0. The van der Waals surface area contributed by atoms with Gasteiger partial charge in [-0.1, -0.05) is 44.2 Å². The number of amides is 1. The molecule has 1 aliphatic heterocycles. The van der Waals surface area contributed by atoms with E-state index in [-0.39, 0.29) is 23.7 Å². The number of para-hydroxylation sites is 1. The number of ether oxygens (including phenoxy) is 1. The molecule has 0 bridgehead atoms. The van der Waals surface area contributed by atoms with Crippen LogP contribution in [0.4, 0.5) is 10.1 Å². The number of hydrogen-bond donors (Lipinski definition) is 0. The Morgan fingerprint density at radius 3 is 2.32 bits per heavy atom. The topological polar surface area (TPSA) is 32.8 Å². The van der Waals surface area contributed by atoms with Crippen LogP contribution in [0.25, 0.3) is 0 Å². The van der Waals surface area contributed by atoms with Gasteiger partial charge in [0.05, 0.1) is 0 Å². The van der Waals surface area contributed by atoms with Crippen molar-refractivity contribution in [3.63, 3.8) is 0 Å². The van der Waals surface area contributed by atoms with Gasteiger partial charge in [0.15, 0.2) is 0 Å². The second-order valence-electron chi connectivity index (χ2n) is 9.41. The summed E-state index contributed by atoms with van der Waals surface area (Å²) in [5.74, 6) is 1.77. The quantitative estimate of drug-likeness (QED) is 0.377. The fourth-order valence-electron chi connectivity index (χ4n) is 4.53. The van der Waals surface area contributed by atoms with Crippen LogP contribution >= 0.6 is 0 Å². The number of nitrogens with zero attached hydrogens (tertiary/aromatic N) is 2. The zero-order chi connectivity index (χ0) is 23.9. The summed E-state index contributed by atoms with van der Waals surface area (Å²) in [5.41, 5.74) is 1.99. The molecule has 1 saturated heterocycles. The van der Waals surface area contributed by atoms with Crippen LogP contribution in [0.2, 0.25) is 0 Å². The summed E-state index contributed by atoms with van der Waals surface area (Å²) < 4.78 is 19.5. The van der Waals surface area contributed by atoms with Crippen LogP contribution in [0.1, 0.15) is 38.7 Å². The van der Waals surface area contributed by atoms with Crippen LogP contribution < -0.4 is 9.64 Å². The fourth-order valence-corrected chi connectivity index (χ4v) is 4.53. The summed E-state index contributed by atoms with van der Waals surface area (Å²) in [5, 5.41) is 0. The zero-order valence-corrected chi connectivity index (χ0v) is 20.0. The monoisotopic (exact) mass is 460 g/mol. The molecule has 34 heavy (non-hydrogen) atoms. The minimum atomic E-state index is -0.284. The summed E-state index contributed by atoms with van der Waals surface area (Å²) in [6, 6.07) is 24.5. The van der Waals surface area contributed by atoms with Crippen molar-refractivity contribution >= 4 is 11.6 Å². The maximum Gasteiger partial charge on any atom is 0.227 e. The third-order valence-corrected chi connectivity index (χ3v) is 6.16. The van der Waals surface area contributed by atoms with Crippen molar-refractivity contribution in [2.75, 3.05) is 18.0 Å². The van der Waals surface area contributed by atoms with Gasteiger partial charge in [-0.25, -0.2) is 4.39 Å². The van der Waals surface area contributed by atoms with Gasteiger partial charge in [-0.05, 0) is 72.9 Å². The maximum atomic E-state index is 13.5. The Hall–Kier alpha value is -3.18. The van der Waals surface area contributed by atoms with Crippen molar-refractivity contribution in [2.24, 2.45) is 5.92 Å². The lowest BCUT2D eigenvalue weighted by Gasteiger charge is -2.39. The van der Waals surface area contributed by atoms with Crippen LogP contribution in [0.15, 0.2) is 78.9 Å². The molecule has 4 nitrogen and oxygen atoms in total. The molecule has 4 rings (SSSR count). The molecule has 3 aromatic carbocycles. The highest BCUT2D eigenvalue weighted by Gasteiger charge is 2.29. The number of halogens is 1. The molecule has 0 saturated carbocycles. The average Bonchev–Trinajstić information content (AvgIpc) is 2.82. The first-order chi connectivity index (χ1) is 16.5. The second kappa shape index (κ2) is 11.3. The molecule has 1 amide bonds. The van der Waals surface area contributed by atoms with E-state index < -0.39 is 0 Å². The molecule has 0 spiro atoms. The number of likely N-dealkylation sites (tertiary alicyclic amines) is 1. The fraction of sp³-hybridized carbons (Fsp3) is 0.345. The predicted molar refractivity (Wildman–Crippen MR) is 135 cm³/mol. The van der Waals surface area contributed by atoms with Crippen LogP contribution in [0.5, 0.6) is 11.5 Å². The molecule has 1 heterocycles.